The predicted octanol–water partition coefficient (Wildman–Crippen LogP) is -8.46. The Hall–Kier alpha value is 0.230. The minimum atomic E-state index is -2.40. The number of carboxylic acid groups (broad SMARTS) is 1. The summed E-state index contributed by atoms with van der Waals surface area (Å²) in [4.78, 5) is 10.1. The Bertz CT molecular complexity index is 213. The zero-order chi connectivity index (χ0) is 12.2. The number of aliphatic carboxylic acids is 1. The van der Waals surface area contributed by atoms with Gasteiger partial charge in [0.2, 0.25) is 0 Å². The number of rotatable bonds is 6. The van der Waals surface area contributed by atoms with E-state index in [-0.39, 0.29) is 29.6 Å². The number of hydrogen-bond acceptors (Lipinski definition) is 8. The van der Waals surface area contributed by atoms with E-state index in [1.54, 1.807) is 0 Å². The molecule has 8 nitrogen and oxygen atoms in total. The largest absolute Gasteiger partial charge is 1.00 e. The van der Waals surface area contributed by atoms with Gasteiger partial charge < -0.3 is 40.5 Å². The summed E-state index contributed by atoms with van der Waals surface area (Å²) < 4.78 is 0. The second-order valence-corrected chi connectivity index (χ2v) is 2.99. The molecule has 9 heteroatoms. The summed E-state index contributed by atoms with van der Waals surface area (Å²) in [6.45, 7) is -0.896. The van der Waals surface area contributed by atoms with E-state index in [9.17, 15) is 9.90 Å². The molecule has 0 aromatic heterocycles. The van der Waals surface area contributed by atoms with Gasteiger partial charge in [0, 0.05) is 0 Å². The van der Waals surface area contributed by atoms with Crippen molar-refractivity contribution < 1.29 is 70.1 Å². The fourth-order valence-corrected chi connectivity index (χ4v) is 0.864. The van der Waals surface area contributed by atoms with E-state index >= 15 is 0 Å². The van der Waals surface area contributed by atoms with Crippen molar-refractivity contribution in [3.63, 3.8) is 0 Å². The van der Waals surface area contributed by atoms with Crippen LogP contribution in [0.1, 0.15) is 0 Å². The van der Waals surface area contributed by atoms with Crippen LogP contribution in [0.4, 0.5) is 0 Å². The van der Waals surface area contributed by atoms with Crippen molar-refractivity contribution in [2.75, 3.05) is 6.61 Å². The third-order valence-corrected chi connectivity index (χ3v) is 1.85. The Morgan fingerprint density at radius 1 is 1.00 bits per heavy atom. The summed E-state index contributed by atoms with van der Waals surface area (Å²) in [5.41, 5.74) is 0. The Morgan fingerprint density at radius 2 is 1.44 bits per heavy atom. The minimum absolute atomic E-state index is 0. The van der Waals surface area contributed by atoms with E-state index in [1.165, 1.54) is 0 Å². The maximum Gasteiger partial charge on any atom is 1.00 e. The van der Waals surface area contributed by atoms with Gasteiger partial charge in [0.15, 0.2) is 0 Å². The van der Waals surface area contributed by atoms with E-state index in [0.717, 1.165) is 0 Å². The number of carboxylic acids is 1. The number of hydrogen-bond donors (Lipinski definition) is 6. The molecule has 0 saturated carbocycles. The minimum Gasteiger partial charge on any atom is -0.547 e. The summed E-state index contributed by atoms with van der Waals surface area (Å²) >= 11 is 0. The second kappa shape index (κ2) is 8.34. The Morgan fingerprint density at radius 3 is 1.75 bits per heavy atom. The molecule has 0 saturated heterocycles. The first-order chi connectivity index (χ1) is 6.82. The zero-order valence-electron chi connectivity index (χ0n) is 8.59. The molecule has 90 valence electrons. The van der Waals surface area contributed by atoms with E-state index in [4.69, 9.17) is 30.6 Å². The van der Waals surface area contributed by atoms with Gasteiger partial charge in [-0.2, -0.15) is 0 Å². The quantitative estimate of drug-likeness (QED) is 0.252. The molecule has 0 amide bonds. The molecule has 0 heterocycles. The smallest absolute Gasteiger partial charge is 0.547 e. The van der Waals surface area contributed by atoms with Gasteiger partial charge in [0.25, 0.3) is 0 Å². The average Bonchev–Trinajstić information content (AvgIpc) is 2.23. The molecular weight excluding hydrogens is 235 g/mol. The monoisotopic (exact) mass is 248 g/mol. The molecule has 6 N–H and O–H groups in total. The molecule has 0 spiro atoms. The van der Waals surface area contributed by atoms with Crippen LogP contribution in [0.2, 0.25) is 0 Å². The van der Waals surface area contributed by atoms with Gasteiger partial charge >= 0.3 is 29.6 Å². The van der Waals surface area contributed by atoms with Gasteiger partial charge in [0.1, 0.15) is 30.5 Å². The van der Waals surface area contributed by atoms with Crippen LogP contribution in [0.25, 0.3) is 0 Å². The zero-order valence-corrected chi connectivity index (χ0v) is 10.6. The molecular formula is C7H13NaO8. The Kier molecular flexibility index (Phi) is 9.69. The molecule has 16 heavy (non-hydrogen) atoms. The summed E-state index contributed by atoms with van der Waals surface area (Å²) in [6.07, 6.45) is -10.5. The van der Waals surface area contributed by atoms with Gasteiger partial charge in [-0.15, -0.1) is 0 Å². The molecule has 5 atom stereocenters. The van der Waals surface area contributed by atoms with Gasteiger partial charge in [-0.05, 0) is 0 Å². The van der Waals surface area contributed by atoms with E-state index in [0.29, 0.717) is 0 Å². The molecule has 0 aliphatic carbocycles. The number of carbonyl (C=O) groups excluding carboxylic acids is 1. The van der Waals surface area contributed by atoms with Crippen molar-refractivity contribution in [1.82, 2.24) is 0 Å². The predicted molar refractivity (Wildman–Crippen MR) is 42.1 cm³/mol. The maximum absolute atomic E-state index is 10.1. The van der Waals surface area contributed by atoms with E-state index in [2.05, 4.69) is 0 Å². The molecule has 0 aliphatic rings. The number of carbonyl (C=O) groups is 1. The normalized spacial score (nSPS) is 20.1. The van der Waals surface area contributed by atoms with Gasteiger partial charge in [0.05, 0.1) is 12.6 Å². The third-order valence-electron chi connectivity index (χ3n) is 1.85. The van der Waals surface area contributed by atoms with Crippen LogP contribution in [-0.2, 0) is 4.79 Å². The van der Waals surface area contributed by atoms with Crippen molar-refractivity contribution in [1.29, 1.82) is 0 Å². The Balaban J connectivity index is 0. The third kappa shape index (κ3) is 5.04. The summed E-state index contributed by atoms with van der Waals surface area (Å²) in [5.74, 6) is -2.03. The summed E-state index contributed by atoms with van der Waals surface area (Å²) in [5, 5.41) is 63.2. The fraction of sp³-hybridized carbons (Fsp3) is 0.857. The molecule has 0 bridgehead atoms. The van der Waals surface area contributed by atoms with Crippen LogP contribution in [0.15, 0.2) is 0 Å². The topological polar surface area (TPSA) is 162 Å². The first kappa shape index (κ1) is 18.6. The van der Waals surface area contributed by atoms with E-state index < -0.39 is 43.1 Å². The summed E-state index contributed by atoms with van der Waals surface area (Å²) in [6, 6.07) is 0. The molecule has 0 rings (SSSR count). The standard InChI is InChI=1S/C7H14O8.Na/c8-1-2(9)3(10)4(11)5(12)6(13)7(14)15;/h2-6,8-13H,1H2,(H,14,15);/q;+1/p-1/t2?,3-,4-,5+,6-;/m1./s1. The van der Waals surface area contributed by atoms with Crippen LogP contribution in [0.3, 0.4) is 0 Å². The van der Waals surface area contributed by atoms with Crippen molar-refractivity contribution in [2.45, 2.75) is 30.5 Å². The SMILES string of the molecule is O=C([O-])[C@H](O)[C@@H](O)[C@H](O)[C@H](O)C(O)CO.[Na+]. The molecule has 0 radical (unpaired) electrons. The van der Waals surface area contributed by atoms with Gasteiger partial charge in [-0.3, -0.25) is 0 Å². The van der Waals surface area contributed by atoms with Crippen LogP contribution in [0.5, 0.6) is 0 Å². The Labute approximate surface area is 113 Å². The van der Waals surface area contributed by atoms with Crippen molar-refractivity contribution in [2.24, 2.45) is 0 Å². The van der Waals surface area contributed by atoms with Crippen molar-refractivity contribution in [3.05, 3.63) is 0 Å². The number of aliphatic hydroxyl groups excluding tert-OH is 6. The van der Waals surface area contributed by atoms with Crippen LogP contribution in [0, 0.1) is 0 Å². The molecule has 1 unspecified atom stereocenters. The molecule has 0 aromatic rings. The van der Waals surface area contributed by atoms with Crippen molar-refractivity contribution in [3.8, 4) is 0 Å². The van der Waals surface area contributed by atoms with Gasteiger partial charge in [-0.25, -0.2) is 0 Å². The second-order valence-electron chi connectivity index (χ2n) is 2.99. The van der Waals surface area contributed by atoms with E-state index in [1.807, 2.05) is 0 Å². The average molecular weight is 248 g/mol. The first-order valence-electron chi connectivity index (χ1n) is 4.05. The van der Waals surface area contributed by atoms with Crippen LogP contribution < -0.4 is 34.7 Å². The van der Waals surface area contributed by atoms with Crippen LogP contribution >= 0.6 is 0 Å². The maximum atomic E-state index is 10.1. The molecule has 0 fully saturated rings. The fourth-order valence-electron chi connectivity index (χ4n) is 0.864. The molecule has 0 aliphatic heterocycles. The van der Waals surface area contributed by atoms with Crippen LogP contribution in [-0.4, -0.2) is 73.7 Å². The number of aliphatic hydroxyl groups is 6. The first-order valence-corrected chi connectivity index (χ1v) is 4.05. The van der Waals surface area contributed by atoms with Gasteiger partial charge in [-0.1, -0.05) is 0 Å². The summed E-state index contributed by atoms with van der Waals surface area (Å²) in [7, 11) is 0. The molecule has 0 aromatic carbocycles. The van der Waals surface area contributed by atoms with Crippen molar-refractivity contribution >= 4 is 5.97 Å².